The molecule has 0 saturated heterocycles. The van der Waals surface area contributed by atoms with E-state index in [0.717, 1.165) is 21.7 Å². The van der Waals surface area contributed by atoms with Crippen molar-refractivity contribution in [2.24, 2.45) is 0 Å². The fourth-order valence-corrected chi connectivity index (χ4v) is 1.68. The zero-order chi connectivity index (χ0) is 11.5. The van der Waals surface area contributed by atoms with Gasteiger partial charge in [-0.3, -0.25) is 0 Å². The summed E-state index contributed by atoms with van der Waals surface area (Å²) in [4.78, 5) is 4.42. The minimum atomic E-state index is 0.114. The Morgan fingerprint density at radius 3 is 2.81 bits per heavy atom. The summed E-state index contributed by atoms with van der Waals surface area (Å²) < 4.78 is 6.34. The SMILES string of the molecule is Cc1nc(NC(C)c2ccco2)ccc1Br. The second-order valence-corrected chi connectivity index (χ2v) is 4.50. The summed E-state index contributed by atoms with van der Waals surface area (Å²) in [6, 6.07) is 7.87. The third-order valence-corrected chi connectivity index (χ3v) is 3.19. The van der Waals surface area contributed by atoms with E-state index >= 15 is 0 Å². The lowest BCUT2D eigenvalue weighted by Crippen LogP contribution is -2.07. The number of anilines is 1. The van der Waals surface area contributed by atoms with Gasteiger partial charge in [-0.05, 0) is 54.0 Å². The van der Waals surface area contributed by atoms with E-state index in [4.69, 9.17) is 4.42 Å². The van der Waals surface area contributed by atoms with E-state index in [0.29, 0.717) is 0 Å². The lowest BCUT2D eigenvalue weighted by molar-refractivity contribution is 0.490. The van der Waals surface area contributed by atoms with Gasteiger partial charge in [0.2, 0.25) is 0 Å². The van der Waals surface area contributed by atoms with Gasteiger partial charge in [-0.1, -0.05) is 0 Å². The number of aryl methyl sites for hydroxylation is 1. The molecule has 2 aromatic heterocycles. The third kappa shape index (κ3) is 2.44. The zero-order valence-electron chi connectivity index (χ0n) is 9.20. The smallest absolute Gasteiger partial charge is 0.126 e. The largest absolute Gasteiger partial charge is 0.467 e. The van der Waals surface area contributed by atoms with Gasteiger partial charge in [0, 0.05) is 4.47 Å². The van der Waals surface area contributed by atoms with E-state index in [9.17, 15) is 0 Å². The predicted octanol–water partition coefficient (Wildman–Crippen LogP) is 3.92. The summed E-state index contributed by atoms with van der Waals surface area (Å²) in [5.41, 5.74) is 0.969. The fourth-order valence-electron chi connectivity index (χ4n) is 1.46. The van der Waals surface area contributed by atoms with Gasteiger partial charge in [-0.25, -0.2) is 4.98 Å². The molecule has 0 aromatic carbocycles. The number of nitrogens with zero attached hydrogens (tertiary/aromatic N) is 1. The van der Waals surface area contributed by atoms with Crippen molar-refractivity contribution in [3.05, 3.63) is 46.5 Å². The van der Waals surface area contributed by atoms with E-state index in [2.05, 4.69) is 26.2 Å². The van der Waals surface area contributed by atoms with Gasteiger partial charge in [0.1, 0.15) is 11.6 Å². The van der Waals surface area contributed by atoms with E-state index in [1.807, 2.05) is 38.1 Å². The molecule has 0 saturated carbocycles. The molecule has 0 spiro atoms. The Morgan fingerprint density at radius 2 is 2.19 bits per heavy atom. The maximum absolute atomic E-state index is 5.32. The van der Waals surface area contributed by atoms with Crippen LogP contribution in [0.25, 0.3) is 0 Å². The summed E-state index contributed by atoms with van der Waals surface area (Å²) in [5.74, 6) is 1.76. The minimum absolute atomic E-state index is 0.114. The molecule has 16 heavy (non-hydrogen) atoms. The van der Waals surface area contributed by atoms with E-state index in [1.165, 1.54) is 0 Å². The second kappa shape index (κ2) is 4.70. The van der Waals surface area contributed by atoms with Crippen molar-refractivity contribution in [2.45, 2.75) is 19.9 Å². The normalized spacial score (nSPS) is 12.4. The number of pyridine rings is 1. The van der Waals surface area contributed by atoms with Crippen LogP contribution in [-0.4, -0.2) is 4.98 Å². The summed E-state index contributed by atoms with van der Waals surface area (Å²) >= 11 is 3.43. The van der Waals surface area contributed by atoms with E-state index in [-0.39, 0.29) is 6.04 Å². The first-order valence-electron chi connectivity index (χ1n) is 5.10. The highest BCUT2D eigenvalue weighted by molar-refractivity contribution is 9.10. The number of hydrogen-bond acceptors (Lipinski definition) is 3. The van der Waals surface area contributed by atoms with Crippen LogP contribution < -0.4 is 5.32 Å². The topological polar surface area (TPSA) is 38.1 Å². The maximum Gasteiger partial charge on any atom is 0.126 e. The molecule has 0 amide bonds. The number of furan rings is 1. The highest BCUT2D eigenvalue weighted by Gasteiger charge is 2.08. The van der Waals surface area contributed by atoms with Crippen LogP contribution in [-0.2, 0) is 0 Å². The second-order valence-electron chi connectivity index (χ2n) is 3.65. The molecule has 1 atom stereocenters. The van der Waals surface area contributed by atoms with Gasteiger partial charge in [-0.15, -0.1) is 0 Å². The zero-order valence-corrected chi connectivity index (χ0v) is 10.8. The quantitative estimate of drug-likeness (QED) is 0.926. The standard InChI is InChI=1S/C12H13BrN2O/c1-8-10(13)5-6-12(14-8)15-9(2)11-4-3-7-16-11/h3-7,9H,1-2H3,(H,14,15). The van der Waals surface area contributed by atoms with Crippen LogP contribution in [0.15, 0.2) is 39.4 Å². The minimum Gasteiger partial charge on any atom is -0.467 e. The van der Waals surface area contributed by atoms with Gasteiger partial charge in [-0.2, -0.15) is 0 Å². The number of hydrogen-bond donors (Lipinski definition) is 1. The Balaban J connectivity index is 2.12. The summed E-state index contributed by atoms with van der Waals surface area (Å²) in [5, 5.41) is 3.29. The van der Waals surface area contributed by atoms with Crippen LogP contribution in [0.2, 0.25) is 0 Å². The van der Waals surface area contributed by atoms with Crippen molar-refractivity contribution in [3.63, 3.8) is 0 Å². The molecule has 1 N–H and O–H groups in total. The fraction of sp³-hybridized carbons (Fsp3) is 0.250. The lowest BCUT2D eigenvalue weighted by Gasteiger charge is -2.12. The van der Waals surface area contributed by atoms with Crippen molar-refractivity contribution in [2.75, 3.05) is 5.32 Å². The van der Waals surface area contributed by atoms with E-state index in [1.54, 1.807) is 6.26 Å². The molecule has 2 rings (SSSR count). The predicted molar refractivity (Wildman–Crippen MR) is 67.4 cm³/mol. The molecular weight excluding hydrogens is 268 g/mol. The first kappa shape index (κ1) is 11.2. The molecular formula is C12H13BrN2O. The Bertz CT molecular complexity index is 468. The van der Waals surface area contributed by atoms with Crippen LogP contribution >= 0.6 is 15.9 Å². The highest BCUT2D eigenvalue weighted by Crippen LogP contribution is 2.21. The van der Waals surface area contributed by atoms with Gasteiger partial charge >= 0.3 is 0 Å². The van der Waals surface area contributed by atoms with Crippen LogP contribution in [0.1, 0.15) is 24.4 Å². The van der Waals surface area contributed by atoms with Gasteiger partial charge in [0.25, 0.3) is 0 Å². The number of rotatable bonds is 3. The van der Waals surface area contributed by atoms with Crippen LogP contribution in [0, 0.1) is 6.92 Å². The first-order chi connectivity index (χ1) is 7.66. The third-order valence-electron chi connectivity index (χ3n) is 2.36. The molecule has 4 heteroatoms. The first-order valence-corrected chi connectivity index (χ1v) is 5.89. The molecule has 0 aliphatic heterocycles. The summed E-state index contributed by atoms with van der Waals surface area (Å²) in [7, 11) is 0. The Hall–Kier alpha value is -1.29. The van der Waals surface area contributed by atoms with Crippen molar-refractivity contribution >= 4 is 21.7 Å². The number of halogens is 1. The van der Waals surface area contributed by atoms with Crippen molar-refractivity contribution < 1.29 is 4.42 Å². The van der Waals surface area contributed by atoms with Crippen LogP contribution in [0.5, 0.6) is 0 Å². The molecule has 2 aromatic rings. The van der Waals surface area contributed by atoms with Crippen molar-refractivity contribution in [3.8, 4) is 0 Å². The molecule has 0 radical (unpaired) electrons. The summed E-state index contributed by atoms with van der Waals surface area (Å²) in [6.07, 6.45) is 1.67. The molecule has 2 heterocycles. The average molecular weight is 281 g/mol. The van der Waals surface area contributed by atoms with Gasteiger partial charge < -0.3 is 9.73 Å². The molecule has 0 fully saturated rings. The number of aromatic nitrogens is 1. The summed E-state index contributed by atoms with van der Waals surface area (Å²) in [6.45, 7) is 4.00. The molecule has 0 bridgehead atoms. The number of nitrogens with one attached hydrogen (secondary N) is 1. The average Bonchev–Trinajstić information content (AvgIpc) is 2.77. The van der Waals surface area contributed by atoms with Gasteiger partial charge in [0.15, 0.2) is 0 Å². The van der Waals surface area contributed by atoms with Gasteiger partial charge in [0.05, 0.1) is 18.0 Å². The molecule has 84 valence electrons. The molecule has 1 unspecified atom stereocenters. The van der Waals surface area contributed by atoms with E-state index < -0.39 is 0 Å². The lowest BCUT2D eigenvalue weighted by atomic mass is 10.2. The van der Waals surface area contributed by atoms with Crippen LogP contribution in [0.3, 0.4) is 0 Å². The Morgan fingerprint density at radius 1 is 1.38 bits per heavy atom. The Labute approximate surface area is 103 Å². The Kier molecular flexibility index (Phi) is 3.29. The molecule has 0 aliphatic carbocycles. The maximum atomic E-state index is 5.32. The molecule has 0 aliphatic rings. The molecule has 3 nitrogen and oxygen atoms in total. The van der Waals surface area contributed by atoms with Crippen molar-refractivity contribution in [1.82, 2.24) is 4.98 Å². The highest BCUT2D eigenvalue weighted by atomic mass is 79.9. The monoisotopic (exact) mass is 280 g/mol. The van der Waals surface area contributed by atoms with Crippen molar-refractivity contribution in [1.29, 1.82) is 0 Å². The van der Waals surface area contributed by atoms with Crippen LogP contribution in [0.4, 0.5) is 5.82 Å².